The maximum absolute atomic E-state index is 12.1. The van der Waals surface area contributed by atoms with Gasteiger partial charge in [0.05, 0.1) is 43.7 Å². The average Bonchev–Trinajstić information content (AvgIpc) is 3.53. The molecule has 0 saturated carbocycles. The third kappa shape index (κ3) is 4.12. The number of piperidine rings is 1. The number of amides is 1. The number of hydrogen-bond donors (Lipinski definition) is 0. The lowest BCUT2D eigenvalue weighted by Gasteiger charge is -2.48. The molecular formula is C26H27N7O2. The number of nitrogens with zero attached hydrogens (tertiary/aromatic N) is 7. The van der Waals surface area contributed by atoms with Gasteiger partial charge in [-0.15, -0.1) is 0 Å². The average molecular weight is 470 g/mol. The summed E-state index contributed by atoms with van der Waals surface area (Å²) in [5, 5.41) is 8.91. The van der Waals surface area contributed by atoms with E-state index in [0.717, 1.165) is 40.7 Å². The summed E-state index contributed by atoms with van der Waals surface area (Å²) in [6.07, 6.45) is 13.2. The van der Waals surface area contributed by atoms with Gasteiger partial charge in [0.25, 0.3) is 0 Å². The summed E-state index contributed by atoms with van der Waals surface area (Å²) in [6, 6.07) is 8.64. The van der Waals surface area contributed by atoms with E-state index in [0.29, 0.717) is 19.0 Å². The molecule has 4 aromatic rings. The Kier molecular flexibility index (Phi) is 5.41. The van der Waals surface area contributed by atoms with Crippen LogP contribution in [0.1, 0.15) is 25.8 Å². The van der Waals surface area contributed by atoms with Crippen molar-refractivity contribution < 1.29 is 9.53 Å². The van der Waals surface area contributed by atoms with Crippen LogP contribution in [0.2, 0.25) is 0 Å². The molecule has 178 valence electrons. The van der Waals surface area contributed by atoms with Gasteiger partial charge < -0.3 is 9.64 Å². The van der Waals surface area contributed by atoms with Crippen LogP contribution in [0.5, 0.6) is 0 Å². The number of aryl methyl sites for hydroxylation is 1. The van der Waals surface area contributed by atoms with Gasteiger partial charge in [0.15, 0.2) is 5.82 Å². The fourth-order valence-electron chi connectivity index (χ4n) is 5.34. The molecule has 9 nitrogen and oxygen atoms in total. The number of benzene rings is 1. The number of rotatable bonds is 4. The summed E-state index contributed by atoms with van der Waals surface area (Å²) < 4.78 is 9.54. The van der Waals surface area contributed by atoms with E-state index in [1.54, 1.807) is 11.6 Å². The second-order valence-electron chi connectivity index (χ2n) is 9.38. The molecular weight excluding hydrogens is 442 g/mol. The predicted octanol–water partition coefficient (Wildman–Crippen LogP) is 3.36. The Bertz CT molecular complexity index is 1350. The van der Waals surface area contributed by atoms with Crippen LogP contribution in [-0.2, 0) is 16.6 Å². The maximum atomic E-state index is 12.1. The first-order valence-electron chi connectivity index (χ1n) is 11.9. The first-order chi connectivity index (χ1) is 17.0. The molecule has 1 aromatic carbocycles. The molecule has 0 aliphatic carbocycles. The van der Waals surface area contributed by atoms with Gasteiger partial charge in [-0.3, -0.25) is 14.2 Å². The van der Waals surface area contributed by atoms with Gasteiger partial charge in [-0.25, -0.2) is 9.97 Å². The van der Waals surface area contributed by atoms with Crippen LogP contribution in [0.3, 0.4) is 0 Å². The smallest absolute Gasteiger partial charge is 0.220 e. The summed E-state index contributed by atoms with van der Waals surface area (Å²) in [5.41, 5.74) is 5.00. The highest BCUT2D eigenvalue weighted by Gasteiger charge is 2.41. The van der Waals surface area contributed by atoms with Gasteiger partial charge in [-0.05, 0) is 24.5 Å². The first-order valence-corrected chi connectivity index (χ1v) is 11.9. The Morgan fingerprint density at radius 1 is 0.857 bits per heavy atom. The minimum atomic E-state index is 0.114. The van der Waals surface area contributed by atoms with Crippen LogP contribution in [-0.4, -0.2) is 65.6 Å². The van der Waals surface area contributed by atoms with Crippen LogP contribution in [0.25, 0.3) is 33.6 Å². The monoisotopic (exact) mass is 469 g/mol. The minimum Gasteiger partial charge on any atom is -0.377 e. The number of carbonyl (C=O) groups excluding carboxylic acids is 1. The van der Waals surface area contributed by atoms with Crippen LogP contribution >= 0.6 is 0 Å². The van der Waals surface area contributed by atoms with E-state index in [9.17, 15) is 4.79 Å². The molecule has 2 bridgehead atoms. The van der Waals surface area contributed by atoms with Crippen molar-refractivity contribution in [2.24, 2.45) is 7.05 Å². The van der Waals surface area contributed by atoms with Crippen LogP contribution in [0.4, 0.5) is 0 Å². The molecule has 0 radical (unpaired) electrons. The van der Waals surface area contributed by atoms with Crippen LogP contribution < -0.4 is 0 Å². The molecule has 0 N–H and O–H groups in total. The standard InChI is InChI=1S/C26H27N7O2/c1-17(34)33-24-7-23(8-25(33)16-35-15-24)32-14-22(12-30-32)20-9-27-26(28-10-20)19-5-3-4-18(6-19)21-11-29-31(2)13-21/h3-6,9-14,23-25H,7-8,15-16H2,1-2H3. The Morgan fingerprint density at radius 2 is 1.54 bits per heavy atom. The van der Waals surface area contributed by atoms with Crippen molar-refractivity contribution in [3.05, 3.63) is 61.4 Å². The van der Waals surface area contributed by atoms with Gasteiger partial charge in [0, 0.05) is 61.0 Å². The lowest BCUT2D eigenvalue weighted by atomic mass is 9.90. The highest BCUT2D eigenvalue weighted by atomic mass is 16.5. The summed E-state index contributed by atoms with van der Waals surface area (Å²) in [4.78, 5) is 23.4. The molecule has 2 unspecified atom stereocenters. The highest BCUT2D eigenvalue weighted by Crippen LogP contribution is 2.35. The van der Waals surface area contributed by atoms with E-state index < -0.39 is 0 Å². The van der Waals surface area contributed by atoms with E-state index in [4.69, 9.17) is 4.74 Å². The lowest BCUT2D eigenvalue weighted by Crippen LogP contribution is -2.58. The third-order valence-electron chi connectivity index (χ3n) is 6.98. The Morgan fingerprint density at radius 3 is 2.23 bits per heavy atom. The molecule has 5 heterocycles. The Hall–Kier alpha value is -3.85. The van der Waals surface area contributed by atoms with Gasteiger partial charge in [0.1, 0.15) is 0 Å². The molecule has 2 aliphatic heterocycles. The second-order valence-corrected chi connectivity index (χ2v) is 9.38. The predicted molar refractivity (Wildman–Crippen MR) is 130 cm³/mol. The minimum absolute atomic E-state index is 0.114. The largest absolute Gasteiger partial charge is 0.377 e. The zero-order valence-electron chi connectivity index (χ0n) is 19.8. The van der Waals surface area contributed by atoms with E-state index in [1.165, 1.54) is 0 Å². The van der Waals surface area contributed by atoms with Crippen LogP contribution in [0.15, 0.2) is 61.4 Å². The molecule has 3 aromatic heterocycles. The molecule has 35 heavy (non-hydrogen) atoms. The van der Waals surface area contributed by atoms with Gasteiger partial charge in [0.2, 0.25) is 5.91 Å². The molecule has 2 fully saturated rings. The van der Waals surface area contributed by atoms with Crippen molar-refractivity contribution in [3.8, 4) is 33.6 Å². The second kappa shape index (κ2) is 8.74. The molecule has 9 heteroatoms. The van der Waals surface area contributed by atoms with Crippen molar-refractivity contribution >= 4 is 5.91 Å². The summed E-state index contributed by atoms with van der Waals surface area (Å²) in [5.74, 6) is 0.808. The van der Waals surface area contributed by atoms with E-state index >= 15 is 0 Å². The lowest BCUT2D eigenvalue weighted by molar-refractivity contribution is -0.150. The van der Waals surface area contributed by atoms with Gasteiger partial charge in [-0.2, -0.15) is 10.2 Å². The normalized spacial score (nSPS) is 21.8. The zero-order chi connectivity index (χ0) is 23.9. The molecule has 6 rings (SSSR count). The zero-order valence-corrected chi connectivity index (χ0v) is 19.8. The maximum Gasteiger partial charge on any atom is 0.220 e. The first kappa shape index (κ1) is 21.7. The van der Waals surface area contributed by atoms with Crippen molar-refractivity contribution in [2.75, 3.05) is 13.2 Å². The summed E-state index contributed by atoms with van der Waals surface area (Å²) in [6.45, 7) is 2.84. The fourth-order valence-corrected chi connectivity index (χ4v) is 5.34. The number of fused-ring (bicyclic) bond motifs is 2. The van der Waals surface area contributed by atoms with Crippen molar-refractivity contribution in [3.63, 3.8) is 0 Å². The SMILES string of the molecule is CC(=O)N1C2COCC1CC(n1cc(-c3cnc(-c4cccc(-c5cnn(C)c5)c4)nc3)cn1)C2. The summed E-state index contributed by atoms with van der Waals surface area (Å²) in [7, 11) is 1.91. The number of hydrogen-bond acceptors (Lipinski definition) is 6. The summed E-state index contributed by atoms with van der Waals surface area (Å²) >= 11 is 0. The fraction of sp³-hybridized carbons (Fsp3) is 0.346. The molecule has 0 spiro atoms. The number of ether oxygens (including phenoxy) is 1. The van der Waals surface area contributed by atoms with Crippen molar-refractivity contribution in [2.45, 2.75) is 37.9 Å². The van der Waals surface area contributed by atoms with E-state index in [1.807, 2.05) is 59.7 Å². The molecule has 2 aliphatic rings. The third-order valence-corrected chi connectivity index (χ3v) is 6.98. The molecule has 2 atom stereocenters. The van der Waals surface area contributed by atoms with E-state index in [2.05, 4.69) is 38.5 Å². The number of carbonyl (C=O) groups is 1. The quantitative estimate of drug-likeness (QED) is 0.455. The van der Waals surface area contributed by atoms with Crippen molar-refractivity contribution in [1.82, 2.24) is 34.4 Å². The number of morpholine rings is 1. The highest BCUT2D eigenvalue weighted by molar-refractivity contribution is 5.74. The van der Waals surface area contributed by atoms with Crippen molar-refractivity contribution in [1.29, 1.82) is 0 Å². The molecule has 2 saturated heterocycles. The number of aromatic nitrogens is 6. The van der Waals surface area contributed by atoms with Gasteiger partial charge >= 0.3 is 0 Å². The Labute approximate surface area is 203 Å². The topological polar surface area (TPSA) is 91.0 Å². The van der Waals surface area contributed by atoms with E-state index in [-0.39, 0.29) is 24.0 Å². The molecule has 1 amide bonds. The van der Waals surface area contributed by atoms with Crippen LogP contribution in [0, 0.1) is 0 Å². The Balaban J connectivity index is 1.20. The van der Waals surface area contributed by atoms with Gasteiger partial charge in [-0.1, -0.05) is 18.2 Å².